The first-order chi connectivity index (χ1) is 6.79. The van der Waals surface area contributed by atoms with Crippen LogP contribution >= 0.6 is 0 Å². The quantitative estimate of drug-likeness (QED) is 0.574. The number of hydrogen-bond donors (Lipinski definition) is 1. The van der Waals surface area contributed by atoms with Crippen LogP contribution in [0.1, 0.15) is 21.6 Å². The minimum Gasteiger partial charge on any atom is -0.288 e. The first-order valence-corrected chi connectivity index (χ1v) is 4.33. The summed E-state index contributed by atoms with van der Waals surface area (Å²) in [6.45, 7) is 1.85. The topological polar surface area (TPSA) is 58.6 Å². The van der Waals surface area contributed by atoms with Crippen LogP contribution in [0, 0.1) is 6.92 Å². The number of aryl methyl sites for hydroxylation is 1. The van der Waals surface area contributed by atoms with Gasteiger partial charge in [0.2, 0.25) is 0 Å². The van der Waals surface area contributed by atoms with Gasteiger partial charge in [-0.25, -0.2) is 0 Å². The summed E-state index contributed by atoms with van der Waals surface area (Å²) in [6.07, 6.45) is 3.27. The second-order valence-corrected chi connectivity index (χ2v) is 3.32. The first-order valence-electron chi connectivity index (χ1n) is 4.33. The van der Waals surface area contributed by atoms with Gasteiger partial charge in [0, 0.05) is 23.7 Å². The highest BCUT2D eigenvalue weighted by atomic mass is 16.1. The number of aromatic amines is 1. The van der Waals surface area contributed by atoms with Gasteiger partial charge in [-0.15, -0.1) is 0 Å². The van der Waals surface area contributed by atoms with Crippen LogP contribution in [-0.2, 0) is 0 Å². The maximum absolute atomic E-state index is 11.9. The van der Waals surface area contributed by atoms with E-state index in [1.807, 2.05) is 13.0 Å². The number of carbonyl (C=O) groups excluding carboxylic acids is 1. The summed E-state index contributed by atoms with van der Waals surface area (Å²) in [7, 11) is 0. The maximum atomic E-state index is 11.9. The number of ketones is 1. The van der Waals surface area contributed by atoms with Gasteiger partial charge in [-0.1, -0.05) is 0 Å². The van der Waals surface area contributed by atoms with Gasteiger partial charge in [0.15, 0.2) is 5.78 Å². The summed E-state index contributed by atoms with van der Waals surface area (Å²) in [5, 5.41) is 6.93. The van der Waals surface area contributed by atoms with Crippen LogP contribution in [0.3, 0.4) is 0 Å². The highest BCUT2D eigenvalue weighted by Crippen LogP contribution is 2.35. The molecule has 0 atom stereocenters. The minimum atomic E-state index is 0.0225. The monoisotopic (exact) mass is 185 g/mol. The number of nitrogens with one attached hydrogen (secondary N) is 1. The lowest BCUT2D eigenvalue weighted by Gasteiger charge is -1.94. The van der Waals surface area contributed by atoms with Gasteiger partial charge in [0.05, 0.1) is 11.1 Å². The van der Waals surface area contributed by atoms with E-state index >= 15 is 0 Å². The highest BCUT2D eigenvalue weighted by Gasteiger charge is 2.30. The van der Waals surface area contributed by atoms with Crippen LogP contribution in [-0.4, -0.2) is 21.0 Å². The summed E-state index contributed by atoms with van der Waals surface area (Å²) in [5.74, 6) is 0.0225. The van der Waals surface area contributed by atoms with Crippen LogP contribution < -0.4 is 0 Å². The van der Waals surface area contributed by atoms with E-state index < -0.39 is 0 Å². The maximum Gasteiger partial charge on any atom is 0.199 e. The number of carbonyl (C=O) groups is 1. The van der Waals surface area contributed by atoms with E-state index in [4.69, 9.17) is 0 Å². The third-order valence-corrected chi connectivity index (χ3v) is 2.50. The molecule has 0 unspecified atom stereocenters. The smallest absolute Gasteiger partial charge is 0.199 e. The number of aromatic nitrogens is 3. The molecule has 1 aliphatic carbocycles. The van der Waals surface area contributed by atoms with Gasteiger partial charge >= 0.3 is 0 Å². The summed E-state index contributed by atoms with van der Waals surface area (Å²) in [6, 6.07) is 1.82. The van der Waals surface area contributed by atoms with E-state index in [0.717, 1.165) is 17.0 Å². The Hall–Kier alpha value is -1.97. The van der Waals surface area contributed by atoms with E-state index in [-0.39, 0.29) is 5.78 Å². The van der Waals surface area contributed by atoms with E-state index in [0.29, 0.717) is 11.1 Å². The lowest BCUT2D eigenvalue weighted by molar-refractivity contribution is 0.104. The average Bonchev–Trinajstić information content (AvgIpc) is 2.70. The fraction of sp³-hybridized carbons (Fsp3) is 0.100. The average molecular weight is 185 g/mol. The Kier molecular flexibility index (Phi) is 1.21. The van der Waals surface area contributed by atoms with Gasteiger partial charge in [-0.3, -0.25) is 14.9 Å². The molecule has 2 aromatic rings. The summed E-state index contributed by atoms with van der Waals surface area (Å²) >= 11 is 0. The molecular weight excluding hydrogens is 178 g/mol. The molecule has 0 spiro atoms. The Morgan fingerprint density at radius 2 is 2.21 bits per heavy atom. The van der Waals surface area contributed by atoms with Crippen molar-refractivity contribution in [1.82, 2.24) is 15.2 Å². The van der Waals surface area contributed by atoms with Gasteiger partial charge < -0.3 is 0 Å². The Labute approximate surface area is 80.0 Å². The molecule has 2 aromatic heterocycles. The molecule has 0 aromatic carbocycles. The molecular formula is C10H7N3O. The van der Waals surface area contributed by atoms with Crippen LogP contribution in [0.2, 0.25) is 0 Å². The van der Waals surface area contributed by atoms with E-state index in [2.05, 4.69) is 15.2 Å². The molecule has 0 saturated heterocycles. The fourth-order valence-electron chi connectivity index (χ4n) is 1.82. The molecule has 0 radical (unpaired) electrons. The molecule has 3 rings (SSSR count). The van der Waals surface area contributed by atoms with Crippen molar-refractivity contribution in [3.05, 3.63) is 35.3 Å². The fourth-order valence-corrected chi connectivity index (χ4v) is 1.82. The lowest BCUT2D eigenvalue weighted by atomic mass is 10.1. The molecule has 4 nitrogen and oxygen atoms in total. The van der Waals surface area contributed by atoms with E-state index in [1.54, 1.807) is 12.4 Å². The molecule has 0 bridgehead atoms. The van der Waals surface area contributed by atoms with Crippen molar-refractivity contribution in [2.24, 2.45) is 0 Å². The van der Waals surface area contributed by atoms with Gasteiger partial charge in [-0.2, -0.15) is 5.10 Å². The Morgan fingerprint density at radius 3 is 3.07 bits per heavy atom. The molecule has 0 saturated carbocycles. The third-order valence-electron chi connectivity index (χ3n) is 2.50. The summed E-state index contributed by atoms with van der Waals surface area (Å²) in [4.78, 5) is 15.8. The largest absolute Gasteiger partial charge is 0.288 e. The van der Waals surface area contributed by atoms with Crippen LogP contribution in [0.4, 0.5) is 0 Å². The number of H-pyrrole nitrogens is 1. The Bertz CT molecular complexity index is 542. The Morgan fingerprint density at radius 1 is 1.36 bits per heavy atom. The molecule has 2 heterocycles. The third kappa shape index (κ3) is 0.706. The van der Waals surface area contributed by atoms with E-state index in [9.17, 15) is 4.79 Å². The van der Waals surface area contributed by atoms with Crippen molar-refractivity contribution < 1.29 is 4.79 Å². The van der Waals surface area contributed by atoms with E-state index in [1.165, 1.54) is 0 Å². The van der Waals surface area contributed by atoms with Crippen molar-refractivity contribution in [1.29, 1.82) is 0 Å². The van der Waals surface area contributed by atoms with Gasteiger partial charge in [0.1, 0.15) is 5.69 Å². The summed E-state index contributed by atoms with van der Waals surface area (Å²) < 4.78 is 0. The number of hydrogen-bond acceptors (Lipinski definition) is 3. The predicted molar refractivity (Wildman–Crippen MR) is 50.0 cm³/mol. The first kappa shape index (κ1) is 7.44. The SMILES string of the molecule is Cc1[nH]nc2c1C(=O)c1cnccc1-2. The van der Waals surface area contributed by atoms with Gasteiger partial charge in [0.25, 0.3) is 0 Å². The number of pyridine rings is 1. The van der Waals surface area contributed by atoms with Gasteiger partial charge in [-0.05, 0) is 13.0 Å². The lowest BCUT2D eigenvalue weighted by Crippen LogP contribution is -1.97. The van der Waals surface area contributed by atoms with Crippen molar-refractivity contribution in [2.45, 2.75) is 6.92 Å². The zero-order chi connectivity index (χ0) is 9.71. The van der Waals surface area contributed by atoms with Crippen LogP contribution in [0.15, 0.2) is 18.5 Å². The molecule has 4 heteroatoms. The number of nitrogens with zero attached hydrogens (tertiary/aromatic N) is 2. The minimum absolute atomic E-state index is 0.0225. The second-order valence-electron chi connectivity index (χ2n) is 3.32. The van der Waals surface area contributed by atoms with Crippen LogP contribution in [0.25, 0.3) is 11.3 Å². The highest BCUT2D eigenvalue weighted by molar-refractivity contribution is 6.21. The molecule has 0 amide bonds. The predicted octanol–water partition coefficient (Wildman–Crippen LogP) is 1.32. The molecule has 14 heavy (non-hydrogen) atoms. The molecule has 0 aliphatic heterocycles. The normalized spacial score (nSPS) is 12.8. The Balaban J connectivity index is 2.42. The second kappa shape index (κ2) is 2.29. The van der Waals surface area contributed by atoms with Crippen molar-refractivity contribution in [2.75, 3.05) is 0 Å². The van der Waals surface area contributed by atoms with Crippen molar-refractivity contribution in [3.63, 3.8) is 0 Å². The number of fused-ring (bicyclic) bond motifs is 3. The molecule has 1 aliphatic rings. The summed E-state index contributed by atoms with van der Waals surface area (Å²) in [5.41, 5.74) is 3.80. The van der Waals surface area contributed by atoms with Crippen LogP contribution in [0.5, 0.6) is 0 Å². The standard InChI is InChI=1S/C10H7N3O/c1-5-8-9(13-12-5)6-2-3-11-4-7(6)10(8)14/h2-4H,1H3,(H,12,13). The number of rotatable bonds is 0. The zero-order valence-corrected chi connectivity index (χ0v) is 7.53. The molecule has 1 N–H and O–H groups in total. The van der Waals surface area contributed by atoms with Crippen molar-refractivity contribution >= 4 is 5.78 Å². The molecule has 68 valence electrons. The zero-order valence-electron chi connectivity index (χ0n) is 7.53. The molecule has 0 fully saturated rings. The van der Waals surface area contributed by atoms with Crippen molar-refractivity contribution in [3.8, 4) is 11.3 Å².